The second-order valence-corrected chi connectivity index (χ2v) is 5.36. The second kappa shape index (κ2) is 8.88. The molecule has 1 saturated heterocycles. The van der Waals surface area contributed by atoms with Crippen LogP contribution in [0.25, 0.3) is 0 Å². The highest BCUT2D eigenvalue weighted by Crippen LogP contribution is 2.09. The lowest BCUT2D eigenvalue weighted by atomic mass is 10.1. The number of hydrogen-bond donors (Lipinski definition) is 2. The summed E-state index contributed by atoms with van der Waals surface area (Å²) in [5, 5.41) is 6.18. The van der Waals surface area contributed by atoms with E-state index in [-0.39, 0.29) is 11.9 Å². The Labute approximate surface area is 103 Å². The number of thioether (sulfide) groups is 1. The maximum atomic E-state index is 11.6. The molecule has 2 N–H and O–H groups in total. The highest BCUT2D eigenvalue weighted by molar-refractivity contribution is 7.99. The molecule has 94 valence electrons. The first-order valence-corrected chi connectivity index (χ1v) is 7.59. The number of rotatable bonds is 8. The maximum absolute atomic E-state index is 11.6. The van der Waals surface area contributed by atoms with Gasteiger partial charge in [0.25, 0.3) is 0 Å². The van der Waals surface area contributed by atoms with Gasteiger partial charge in [-0.1, -0.05) is 39.0 Å². The van der Waals surface area contributed by atoms with Gasteiger partial charge in [0.1, 0.15) is 0 Å². The molecule has 1 atom stereocenters. The summed E-state index contributed by atoms with van der Waals surface area (Å²) in [5.74, 6) is 2.01. The lowest BCUT2D eigenvalue weighted by Crippen LogP contribution is -2.42. The zero-order valence-corrected chi connectivity index (χ0v) is 11.1. The first-order chi connectivity index (χ1) is 7.84. The van der Waals surface area contributed by atoms with Gasteiger partial charge < -0.3 is 5.32 Å². The molecule has 4 heteroatoms. The Kier molecular flexibility index (Phi) is 7.68. The standard InChI is InChI=1S/C12H24N2OS/c1-2-3-4-5-6-7-8-13-12(15)11-9-16-10-14-11/h11,14H,2-10H2,1H3,(H,13,15). The fourth-order valence-corrected chi connectivity index (χ4v) is 2.75. The summed E-state index contributed by atoms with van der Waals surface area (Å²) in [6, 6.07) is 0.0464. The van der Waals surface area contributed by atoms with Crippen LogP contribution in [0.3, 0.4) is 0 Å². The molecule has 0 aromatic carbocycles. The zero-order chi connectivity index (χ0) is 11.6. The Morgan fingerprint density at radius 2 is 2.06 bits per heavy atom. The van der Waals surface area contributed by atoms with Crippen LogP contribution < -0.4 is 10.6 Å². The van der Waals surface area contributed by atoms with E-state index in [4.69, 9.17) is 0 Å². The molecule has 1 fully saturated rings. The van der Waals surface area contributed by atoms with Crippen molar-refractivity contribution in [2.75, 3.05) is 18.2 Å². The molecule has 0 spiro atoms. The van der Waals surface area contributed by atoms with Gasteiger partial charge in [-0.05, 0) is 6.42 Å². The molecule has 0 aromatic rings. The fraction of sp³-hybridized carbons (Fsp3) is 0.917. The topological polar surface area (TPSA) is 41.1 Å². The maximum Gasteiger partial charge on any atom is 0.238 e. The Morgan fingerprint density at radius 3 is 2.75 bits per heavy atom. The zero-order valence-electron chi connectivity index (χ0n) is 10.3. The van der Waals surface area contributed by atoms with Gasteiger partial charge in [0.2, 0.25) is 5.91 Å². The average molecular weight is 244 g/mol. The molecule has 1 aliphatic heterocycles. The van der Waals surface area contributed by atoms with Crippen molar-refractivity contribution in [2.45, 2.75) is 51.5 Å². The number of unbranched alkanes of at least 4 members (excludes halogenated alkanes) is 5. The lowest BCUT2D eigenvalue weighted by molar-refractivity contribution is -0.122. The van der Waals surface area contributed by atoms with Crippen molar-refractivity contribution in [3.8, 4) is 0 Å². The van der Waals surface area contributed by atoms with Crippen molar-refractivity contribution in [3.05, 3.63) is 0 Å². The number of nitrogens with one attached hydrogen (secondary N) is 2. The third-order valence-electron chi connectivity index (χ3n) is 2.86. The number of amides is 1. The van der Waals surface area contributed by atoms with Gasteiger partial charge >= 0.3 is 0 Å². The molecule has 0 aliphatic carbocycles. The smallest absolute Gasteiger partial charge is 0.238 e. The van der Waals surface area contributed by atoms with E-state index in [1.807, 2.05) is 0 Å². The molecule has 1 rings (SSSR count). The Morgan fingerprint density at radius 1 is 1.31 bits per heavy atom. The Balaban J connectivity index is 1.88. The summed E-state index contributed by atoms with van der Waals surface area (Å²) in [4.78, 5) is 11.6. The van der Waals surface area contributed by atoms with Gasteiger partial charge in [-0.25, -0.2) is 0 Å². The van der Waals surface area contributed by atoms with Crippen molar-refractivity contribution in [1.82, 2.24) is 10.6 Å². The largest absolute Gasteiger partial charge is 0.355 e. The number of carbonyl (C=O) groups is 1. The fourth-order valence-electron chi connectivity index (χ4n) is 1.80. The minimum atomic E-state index is 0.0464. The molecule has 1 unspecified atom stereocenters. The molecular weight excluding hydrogens is 220 g/mol. The first-order valence-electron chi connectivity index (χ1n) is 6.43. The molecule has 1 aliphatic rings. The van der Waals surface area contributed by atoms with E-state index in [1.54, 1.807) is 11.8 Å². The van der Waals surface area contributed by atoms with Gasteiger partial charge in [-0.3, -0.25) is 10.1 Å². The van der Waals surface area contributed by atoms with Crippen LogP contribution in [0.1, 0.15) is 45.4 Å². The summed E-state index contributed by atoms with van der Waals surface area (Å²) in [7, 11) is 0. The molecule has 0 bridgehead atoms. The molecule has 16 heavy (non-hydrogen) atoms. The molecule has 0 radical (unpaired) electrons. The van der Waals surface area contributed by atoms with E-state index in [0.717, 1.165) is 24.6 Å². The third-order valence-corrected chi connectivity index (χ3v) is 3.80. The molecule has 1 amide bonds. The number of hydrogen-bond acceptors (Lipinski definition) is 3. The summed E-state index contributed by atoms with van der Waals surface area (Å²) in [6.45, 7) is 3.07. The molecule has 0 aromatic heterocycles. The van der Waals surface area contributed by atoms with Crippen LogP contribution in [0.4, 0.5) is 0 Å². The van der Waals surface area contributed by atoms with E-state index < -0.39 is 0 Å². The number of carbonyl (C=O) groups excluding carboxylic acids is 1. The van der Waals surface area contributed by atoms with E-state index >= 15 is 0 Å². The van der Waals surface area contributed by atoms with Gasteiger partial charge in [0.15, 0.2) is 0 Å². The van der Waals surface area contributed by atoms with Crippen molar-refractivity contribution in [2.24, 2.45) is 0 Å². The Hall–Kier alpha value is -0.220. The van der Waals surface area contributed by atoms with Crippen LogP contribution in [-0.4, -0.2) is 30.1 Å². The molecular formula is C12H24N2OS. The highest BCUT2D eigenvalue weighted by Gasteiger charge is 2.21. The van der Waals surface area contributed by atoms with Crippen LogP contribution in [-0.2, 0) is 4.79 Å². The molecule has 3 nitrogen and oxygen atoms in total. The SMILES string of the molecule is CCCCCCCCNC(=O)C1CSCN1. The van der Waals surface area contributed by atoms with Crippen LogP contribution in [0.2, 0.25) is 0 Å². The van der Waals surface area contributed by atoms with Crippen LogP contribution in [0.15, 0.2) is 0 Å². The lowest BCUT2D eigenvalue weighted by Gasteiger charge is -2.10. The van der Waals surface area contributed by atoms with Crippen molar-refractivity contribution < 1.29 is 4.79 Å². The van der Waals surface area contributed by atoms with Gasteiger partial charge in [0.05, 0.1) is 6.04 Å². The summed E-state index contributed by atoms with van der Waals surface area (Å²) in [6.07, 6.45) is 7.65. The first kappa shape index (κ1) is 13.8. The average Bonchev–Trinajstić information content (AvgIpc) is 2.81. The molecule has 0 saturated carbocycles. The molecule has 1 heterocycles. The van der Waals surface area contributed by atoms with Crippen molar-refractivity contribution >= 4 is 17.7 Å². The summed E-state index contributed by atoms with van der Waals surface area (Å²) in [5.41, 5.74) is 0. The van der Waals surface area contributed by atoms with E-state index in [1.165, 1.54) is 32.1 Å². The predicted octanol–water partition coefficient (Wildman–Crippen LogP) is 2.13. The minimum Gasteiger partial charge on any atom is -0.355 e. The predicted molar refractivity (Wildman–Crippen MR) is 70.6 cm³/mol. The van der Waals surface area contributed by atoms with Crippen molar-refractivity contribution in [3.63, 3.8) is 0 Å². The minimum absolute atomic E-state index is 0.0464. The van der Waals surface area contributed by atoms with Crippen molar-refractivity contribution in [1.29, 1.82) is 0 Å². The Bertz CT molecular complexity index is 193. The highest BCUT2D eigenvalue weighted by atomic mass is 32.2. The second-order valence-electron chi connectivity index (χ2n) is 4.33. The monoisotopic (exact) mass is 244 g/mol. The summed E-state index contributed by atoms with van der Waals surface area (Å²) >= 11 is 1.79. The van der Waals surface area contributed by atoms with E-state index in [0.29, 0.717) is 0 Å². The third kappa shape index (κ3) is 5.75. The van der Waals surface area contributed by atoms with E-state index in [9.17, 15) is 4.79 Å². The van der Waals surface area contributed by atoms with Gasteiger partial charge in [0, 0.05) is 18.2 Å². The normalized spacial score (nSPS) is 19.9. The van der Waals surface area contributed by atoms with Crippen LogP contribution >= 0.6 is 11.8 Å². The van der Waals surface area contributed by atoms with Crippen LogP contribution in [0, 0.1) is 0 Å². The quantitative estimate of drug-likeness (QED) is 0.643. The van der Waals surface area contributed by atoms with Crippen LogP contribution in [0.5, 0.6) is 0 Å². The van der Waals surface area contributed by atoms with Gasteiger partial charge in [-0.15, -0.1) is 11.8 Å². The van der Waals surface area contributed by atoms with Gasteiger partial charge in [-0.2, -0.15) is 0 Å². The van der Waals surface area contributed by atoms with E-state index in [2.05, 4.69) is 17.6 Å². The summed E-state index contributed by atoms with van der Waals surface area (Å²) < 4.78 is 0.